The Morgan fingerprint density at radius 1 is 1.40 bits per heavy atom. The van der Waals surface area contributed by atoms with E-state index in [0.717, 1.165) is 18.7 Å². The van der Waals surface area contributed by atoms with E-state index in [-0.39, 0.29) is 0 Å². The SMILES string of the molecule is CCC1(CNCc2cccc(O)c2)CC1. The number of phenolic OH excluding ortho intramolecular Hbond substituents is 1. The molecule has 82 valence electrons. The Labute approximate surface area is 91.3 Å². The molecule has 2 N–H and O–H groups in total. The lowest BCUT2D eigenvalue weighted by atomic mass is 10.0. The number of benzene rings is 1. The molecule has 0 saturated heterocycles. The fraction of sp³-hybridized carbons (Fsp3) is 0.538. The van der Waals surface area contributed by atoms with Gasteiger partial charge in [0.15, 0.2) is 0 Å². The molecule has 1 aliphatic carbocycles. The van der Waals surface area contributed by atoms with Crippen molar-refractivity contribution in [2.75, 3.05) is 6.54 Å². The van der Waals surface area contributed by atoms with Crippen LogP contribution in [0.3, 0.4) is 0 Å². The predicted octanol–water partition coefficient (Wildman–Crippen LogP) is 2.67. The first-order chi connectivity index (χ1) is 7.24. The van der Waals surface area contributed by atoms with E-state index < -0.39 is 0 Å². The molecule has 0 spiro atoms. The maximum absolute atomic E-state index is 9.30. The van der Waals surface area contributed by atoms with E-state index in [1.54, 1.807) is 6.07 Å². The molecular weight excluding hydrogens is 186 g/mol. The molecule has 1 fully saturated rings. The molecule has 1 aromatic rings. The first-order valence-electron chi connectivity index (χ1n) is 5.73. The Kier molecular flexibility index (Phi) is 2.96. The minimum atomic E-state index is 0.353. The van der Waals surface area contributed by atoms with Crippen molar-refractivity contribution in [3.63, 3.8) is 0 Å². The van der Waals surface area contributed by atoms with Crippen molar-refractivity contribution in [3.8, 4) is 5.75 Å². The van der Waals surface area contributed by atoms with Crippen molar-refractivity contribution in [3.05, 3.63) is 29.8 Å². The third-order valence-corrected chi connectivity index (χ3v) is 3.45. The first-order valence-corrected chi connectivity index (χ1v) is 5.73. The third-order valence-electron chi connectivity index (χ3n) is 3.45. The molecule has 0 atom stereocenters. The van der Waals surface area contributed by atoms with Gasteiger partial charge in [-0.25, -0.2) is 0 Å². The molecule has 15 heavy (non-hydrogen) atoms. The van der Waals surface area contributed by atoms with Crippen LogP contribution in [0, 0.1) is 5.41 Å². The van der Waals surface area contributed by atoms with Gasteiger partial charge >= 0.3 is 0 Å². The van der Waals surface area contributed by atoms with Crippen LogP contribution >= 0.6 is 0 Å². The van der Waals surface area contributed by atoms with Crippen molar-refractivity contribution >= 4 is 0 Å². The predicted molar refractivity (Wildman–Crippen MR) is 61.8 cm³/mol. The first kappa shape index (κ1) is 10.5. The van der Waals surface area contributed by atoms with Gasteiger partial charge in [0.05, 0.1) is 0 Å². The summed E-state index contributed by atoms with van der Waals surface area (Å²) < 4.78 is 0. The molecule has 0 unspecified atom stereocenters. The monoisotopic (exact) mass is 205 g/mol. The normalized spacial score (nSPS) is 17.7. The van der Waals surface area contributed by atoms with E-state index >= 15 is 0 Å². The van der Waals surface area contributed by atoms with Crippen molar-refractivity contribution < 1.29 is 5.11 Å². The maximum atomic E-state index is 9.30. The molecule has 2 nitrogen and oxygen atoms in total. The second-order valence-electron chi connectivity index (χ2n) is 4.63. The summed E-state index contributed by atoms with van der Waals surface area (Å²) >= 11 is 0. The topological polar surface area (TPSA) is 32.3 Å². The fourth-order valence-corrected chi connectivity index (χ4v) is 1.97. The van der Waals surface area contributed by atoms with Crippen LogP contribution in [0.2, 0.25) is 0 Å². The van der Waals surface area contributed by atoms with Gasteiger partial charge in [0.25, 0.3) is 0 Å². The Bertz CT molecular complexity index is 331. The van der Waals surface area contributed by atoms with Gasteiger partial charge in [0, 0.05) is 13.1 Å². The smallest absolute Gasteiger partial charge is 0.115 e. The molecule has 0 radical (unpaired) electrons. The third kappa shape index (κ3) is 2.72. The molecule has 1 aliphatic rings. The van der Waals surface area contributed by atoms with Crippen LogP contribution in [0.5, 0.6) is 5.75 Å². The van der Waals surface area contributed by atoms with Crippen LogP contribution in [-0.4, -0.2) is 11.7 Å². The van der Waals surface area contributed by atoms with Gasteiger partial charge in [-0.05, 0) is 42.4 Å². The minimum absolute atomic E-state index is 0.353. The van der Waals surface area contributed by atoms with Gasteiger partial charge < -0.3 is 10.4 Å². The molecule has 1 aromatic carbocycles. The van der Waals surface area contributed by atoms with E-state index in [2.05, 4.69) is 12.2 Å². The number of aromatic hydroxyl groups is 1. The lowest BCUT2D eigenvalue weighted by Crippen LogP contribution is -2.23. The Morgan fingerprint density at radius 3 is 2.80 bits per heavy atom. The highest BCUT2D eigenvalue weighted by molar-refractivity contribution is 5.26. The highest BCUT2D eigenvalue weighted by Crippen LogP contribution is 2.47. The molecule has 0 heterocycles. The summed E-state index contributed by atoms with van der Waals surface area (Å²) in [6.07, 6.45) is 4.02. The Balaban J connectivity index is 1.78. The second-order valence-corrected chi connectivity index (χ2v) is 4.63. The maximum Gasteiger partial charge on any atom is 0.115 e. The van der Waals surface area contributed by atoms with Crippen molar-refractivity contribution in [1.29, 1.82) is 0 Å². The summed E-state index contributed by atoms with van der Waals surface area (Å²) in [5.74, 6) is 0.353. The molecular formula is C13H19NO. The molecule has 2 rings (SSSR count). The summed E-state index contributed by atoms with van der Waals surface area (Å²) in [6.45, 7) is 4.23. The summed E-state index contributed by atoms with van der Waals surface area (Å²) in [5.41, 5.74) is 1.75. The molecule has 2 heteroatoms. The van der Waals surface area contributed by atoms with Gasteiger partial charge in [-0.1, -0.05) is 19.1 Å². The summed E-state index contributed by atoms with van der Waals surface area (Å²) in [4.78, 5) is 0. The van der Waals surface area contributed by atoms with E-state index in [1.807, 2.05) is 18.2 Å². The van der Waals surface area contributed by atoms with Crippen molar-refractivity contribution in [2.24, 2.45) is 5.41 Å². The average molecular weight is 205 g/mol. The van der Waals surface area contributed by atoms with Crippen molar-refractivity contribution in [1.82, 2.24) is 5.32 Å². The number of hydrogen-bond acceptors (Lipinski definition) is 2. The van der Waals surface area contributed by atoms with E-state index in [4.69, 9.17) is 0 Å². The summed E-state index contributed by atoms with van der Waals surface area (Å²) in [7, 11) is 0. The van der Waals surface area contributed by atoms with Crippen LogP contribution in [0.15, 0.2) is 24.3 Å². The molecule has 0 aromatic heterocycles. The number of hydrogen-bond donors (Lipinski definition) is 2. The van der Waals surface area contributed by atoms with E-state index in [0.29, 0.717) is 11.2 Å². The fourth-order valence-electron chi connectivity index (χ4n) is 1.97. The van der Waals surface area contributed by atoms with Crippen LogP contribution in [0.25, 0.3) is 0 Å². The zero-order valence-electron chi connectivity index (χ0n) is 9.29. The van der Waals surface area contributed by atoms with Crippen LogP contribution < -0.4 is 5.32 Å². The quantitative estimate of drug-likeness (QED) is 0.774. The lowest BCUT2D eigenvalue weighted by molar-refractivity contribution is 0.442. The van der Waals surface area contributed by atoms with Gasteiger partial charge in [0.2, 0.25) is 0 Å². The summed E-state index contributed by atoms with van der Waals surface area (Å²) in [6, 6.07) is 7.45. The number of phenols is 1. The van der Waals surface area contributed by atoms with Crippen LogP contribution in [0.4, 0.5) is 0 Å². The summed E-state index contributed by atoms with van der Waals surface area (Å²) in [5, 5.41) is 12.8. The molecule has 1 saturated carbocycles. The second kappa shape index (κ2) is 4.23. The highest BCUT2D eigenvalue weighted by atomic mass is 16.3. The highest BCUT2D eigenvalue weighted by Gasteiger charge is 2.39. The average Bonchev–Trinajstić information content (AvgIpc) is 2.99. The standard InChI is InChI=1S/C13H19NO/c1-2-13(6-7-13)10-14-9-11-4-3-5-12(15)8-11/h3-5,8,14-15H,2,6-7,9-10H2,1H3. The van der Waals surface area contributed by atoms with E-state index in [1.165, 1.54) is 19.3 Å². The molecule has 0 aliphatic heterocycles. The molecule has 0 amide bonds. The van der Waals surface area contributed by atoms with Crippen molar-refractivity contribution in [2.45, 2.75) is 32.7 Å². The number of nitrogens with one attached hydrogen (secondary N) is 1. The van der Waals surface area contributed by atoms with Gasteiger partial charge in [-0.3, -0.25) is 0 Å². The van der Waals surface area contributed by atoms with Gasteiger partial charge in [-0.15, -0.1) is 0 Å². The Hall–Kier alpha value is -1.02. The van der Waals surface area contributed by atoms with Crippen LogP contribution in [-0.2, 0) is 6.54 Å². The zero-order chi connectivity index (χ0) is 10.7. The largest absolute Gasteiger partial charge is 0.508 e. The minimum Gasteiger partial charge on any atom is -0.508 e. The number of rotatable bonds is 5. The lowest BCUT2D eigenvalue weighted by Gasteiger charge is -2.13. The molecule has 0 bridgehead atoms. The van der Waals surface area contributed by atoms with Crippen LogP contribution in [0.1, 0.15) is 31.7 Å². The van der Waals surface area contributed by atoms with E-state index in [9.17, 15) is 5.11 Å². The zero-order valence-corrected chi connectivity index (χ0v) is 9.29. The van der Waals surface area contributed by atoms with Gasteiger partial charge in [-0.2, -0.15) is 0 Å². The van der Waals surface area contributed by atoms with Gasteiger partial charge in [0.1, 0.15) is 5.75 Å². The Morgan fingerprint density at radius 2 is 2.20 bits per heavy atom.